The van der Waals surface area contributed by atoms with Crippen LogP contribution >= 0.6 is 38.5 Å². The van der Waals surface area contributed by atoms with E-state index in [1.54, 1.807) is 38.5 Å². The number of hydrogen-bond donors (Lipinski definition) is 0. The highest BCUT2D eigenvalue weighted by atomic mass is 127. The predicted molar refractivity (Wildman–Crippen MR) is 89.8 cm³/mol. The number of carbonyl (C=O) groups excluding carboxylic acids is 1. The first-order valence-electron chi connectivity index (χ1n) is 5.78. The van der Waals surface area contributed by atoms with Crippen molar-refractivity contribution >= 4 is 44.3 Å². The highest BCUT2D eigenvalue weighted by molar-refractivity contribution is 14.1. The van der Waals surface area contributed by atoms with Gasteiger partial charge < -0.3 is 9.47 Å². The van der Waals surface area contributed by atoms with E-state index in [0.29, 0.717) is 22.6 Å². The van der Waals surface area contributed by atoms with Gasteiger partial charge in [-0.3, -0.25) is 4.79 Å². The third-order valence-electron chi connectivity index (χ3n) is 2.82. The molecule has 20 heavy (non-hydrogen) atoms. The van der Waals surface area contributed by atoms with Crippen LogP contribution in [0.3, 0.4) is 0 Å². The Kier molecular flexibility index (Phi) is 5.04. The van der Waals surface area contributed by atoms with E-state index in [0.717, 1.165) is 8.04 Å². The monoisotopic (exact) mass is 446 g/mol. The molecule has 0 spiro atoms. The minimum atomic E-state index is -0.0799. The molecule has 0 heterocycles. The van der Waals surface area contributed by atoms with Crippen molar-refractivity contribution in [3.05, 3.63) is 55.6 Å². The maximum atomic E-state index is 12.6. The van der Waals surface area contributed by atoms with Crippen LogP contribution in [0.4, 0.5) is 0 Å². The van der Waals surface area contributed by atoms with Crippen LogP contribution in [-0.4, -0.2) is 20.0 Å². The number of halogens is 2. The van der Waals surface area contributed by atoms with Gasteiger partial charge in [0, 0.05) is 9.13 Å². The van der Waals surface area contributed by atoms with Crippen LogP contribution in [0, 0.1) is 3.57 Å². The lowest BCUT2D eigenvalue weighted by atomic mass is 10.0. The van der Waals surface area contributed by atoms with E-state index in [1.165, 1.54) is 0 Å². The van der Waals surface area contributed by atoms with Gasteiger partial charge in [0.05, 0.1) is 24.3 Å². The summed E-state index contributed by atoms with van der Waals surface area (Å²) >= 11 is 5.56. The maximum Gasteiger partial charge on any atom is 0.196 e. The highest BCUT2D eigenvalue weighted by Crippen LogP contribution is 2.29. The average molecular weight is 447 g/mol. The molecule has 0 radical (unpaired) electrons. The van der Waals surface area contributed by atoms with Crippen molar-refractivity contribution in [1.29, 1.82) is 0 Å². The van der Waals surface area contributed by atoms with Crippen LogP contribution in [0.2, 0.25) is 0 Å². The standard InChI is InChI=1S/C15H12BrIO3/c1-19-13-6-4-10(17)8-11(13)15(18)9-3-5-14(20-2)12(16)7-9/h3-8H,1-2H3. The van der Waals surface area contributed by atoms with Gasteiger partial charge in [0.1, 0.15) is 11.5 Å². The Morgan fingerprint density at radius 1 is 1.05 bits per heavy atom. The van der Waals surface area contributed by atoms with Gasteiger partial charge in [0.15, 0.2) is 5.78 Å². The topological polar surface area (TPSA) is 35.5 Å². The smallest absolute Gasteiger partial charge is 0.196 e. The zero-order valence-corrected chi connectivity index (χ0v) is 14.7. The van der Waals surface area contributed by atoms with Gasteiger partial charge in [-0.25, -0.2) is 0 Å². The summed E-state index contributed by atoms with van der Waals surface area (Å²) in [6.07, 6.45) is 0. The van der Waals surface area contributed by atoms with E-state index >= 15 is 0 Å². The molecule has 0 saturated carbocycles. The average Bonchev–Trinajstić information content (AvgIpc) is 2.46. The van der Waals surface area contributed by atoms with E-state index in [9.17, 15) is 4.79 Å². The van der Waals surface area contributed by atoms with Gasteiger partial charge in [-0.15, -0.1) is 0 Å². The molecule has 0 aliphatic heterocycles. The van der Waals surface area contributed by atoms with Crippen molar-refractivity contribution in [2.24, 2.45) is 0 Å². The molecule has 2 aromatic carbocycles. The van der Waals surface area contributed by atoms with Gasteiger partial charge in [0.2, 0.25) is 0 Å². The Morgan fingerprint density at radius 3 is 2.30 bits per heavy atom. The Bertz CT molecular complexity index is 656. The number of hydrogen-bond acceptors (Lipinski definition) is 3. The molecule has 0 saturated heterocycles. The van der Waals surface area contributed by atoms with Crippen molar-refractivity contribution in [2.75, 3.05) is 14.2 Å². The predicted octanol–water partition coefficient (Wildman–Crippen LogP) is 4.30. The number of rotatable bonds is 4. The van der Waals surface area contributed by atoms with Crippen LogP contribution in [-0.2, 0) is 0 Å². The van der Waals surface area contributed by atoms with Gasteiger partial charge in [0.25, 0.3) is 0 Å². The lowest BCUT2D eigenvalue weighted by Crippen LogP contribution is -2.04. The van der Waals surface area contributed by atoms with Crippen LogP contribution in [0.5, 0.6) is 11.5 Å². The quantitative estimate of drug-likeness (QED) is 0.518. The van der Waals surface area contributed by atoms with Gasteiger partial charge >= 0.3 is 0 Å². The van der Waals surface area contributed by atoms with Crippen LogP contribution < -0.4 is 9.47 Å². The molecule has 3 nitrogen and oxygen atoms in total. The SMILES string of the molecule is COc1ccc(C(=O)c2cc(I)ccc2OC)cc1Br. The van der Waals surface area contributed by atoms with Crippen molar-refractivity contribution in [1.82, 2.24) is 0 Å². The number of benzene rings is 2. The molecule has 2 rings (SSSR count). The second-order valence-corrected chi connectivity index (χ2v) is 6.12. The van der Waals surface area contributed by atoms with Crippen LogP contribution in [0.15, 0.2) is 40.9 Å². The molecule has 2 aromatic rings. The lowest BCUT2D eigenvalue weighted by Gasteiger charge is -2.09. The van der Waals surface area contributed by atoms with Crippen molar-refractivity contribution in [2.45, 2.75) is 0 Å². The fraction of sp³-hybridized carbons (Fsp3) is 0.133. The fourth-order valence-corrected chi connectivity index (χ4v) is 2.85. The molecule has 0 aliphatic rings. The normalized spacial score (nSPS) is 10.2. The fourth-order valence-electron chi connectivity index (χ4n) is 1.82. The van der Waals surface area contributed by atoms with Gasteiger partial charge in [-0.05, 0) is 74.9 Å². The van der Waals surface area contributed by atoms with E-state index < -0.39 is 0 Å². The second-order valence-electron chi connectivity index (χ2n) is 4.02. The van der Waals surface area contributed by atoms with E-state index in [-0.39, 0.29) is 5.78 Å². The number of methoxy groups -OCH3 is 2. The molecule has 0 fully saturated rings. The Labute approximate surface area is 139 Å². The Balaban J connectivity index is 2.46. The van der Waals surface area contributed by atoms with Crippen LogP contribution in [0.1, 0.15) is 15.9 Å². The Hall–Kier alpha value is -1.08. The number of ether oxygens (including phenoxy) is 2. The minimum absolute atomic E-state index is 0.0799. The minimum Gasteiger partial charge on any atom is -0.496 e. The number of ketones is 1. The van der Waals surface area contributed by atoms with Crippen molar-refractivity contribution in [3.63, 3.8) is 0 Å². The summed E-state index contributed by atoms with van der Waals surface area (Å²) in [4.78, 5) is 12.6. The third kappa shape index (κ3) is 3.15. The zero-order chi connectivity index (χ0) is 14.7. The van der Waals surface area contributed by atoms with Crippen LogP contribution in [0.25, 0.3) is 0 Å². The summed E-state index contributed by atoms with van der Waals surface area (Å²) in [5.74, 6) is 1.18. The first-order chi connectivity index (χ1) is 9.56. The molecule has 5 heteroatoms. The number of carbonyl (C=O) groups is 1. The summed E-state index contributed by atoms with van der Waals surface area (Å²) < 4.78 is 12.2. The molecular weight excluding hydrogens is 435 g/mol. The summed E-state index contributed by atoms with van der Waals surface area (Å²) in [5.41, 5.74) is 1.13. The summed E-state index contributed by atoms with van der Waals surface area (Å²) in [7, 11) is 3.15. The summed E-state index contributed by atoms with van der Waals surface area (Å²) in [6.45, 7) is 0. The second kappa shape index (κ2) is 6.58. The third-order valence-corrected chi connectivity index (χ3v) is 4.11. The van der Waals surface area contributed by atoms with Gasteiger partial charge in [-0.2, -0.15) is 0 Å². The zero-order valence-electron chi connectivity index (χ0n) is 10.9. The molecule has 104 valence electrons. The molecule has 0 bridgehead atoms. The molecule has 0 aromatic heterocycles. The molecule has 0 aliphatic carbocycles. The summed E-state index contributed by atoms with van der Waals surface area (Å²) in [5, 5.41) is 0. The van der Waals surface area contributed by atoms with E-state index in [4.69, 9.17) is 9.47 Å². The lowest BCUT2D eigenvalue weighted by molar-refractivity contribution is 0.103. The molecule has 0 amide bonds. The molecular formula is C15H12BrIO3. The molecule has 0 atom stereocenters. The van der Waals surface area contributed by atoms with E-state index in [1.807, 2.05) is 12.1 Å². The van der Waals surface area contributed by atoms with Gasteiger partial charge in [-0.1, -0.05) is 0 Å². The van der Waals surface area contributed by atoms with E-state index in [2.05, 4.69) is 38.5 Å². The molecule has 0 N–H and O–H groups in total. The van der Waals surface area contributed by atoms with Crippen molar-refractivity contribution in [3.8, 4) is 11.5 Å². The van der Waals surface area contributed by atoms with Crippen molar-refractivity contribution < 1.29 is 14.3 Å². The maximum absolute atomic E-state index is 12.6. The first kappa shape index (κ1) is 15.3. The molecule has 0 unspecified atom stereocenters. The first-order valence-corrected chi connectivity index (χ1v) is 7.65. The highest BCUT2D eigenvalue weighted by Gasteiger charge is 2.16. The Morgan fingerprint density at radius 2 is 1.70 bits per heavy atom. The largest absolute Gasteiger partial charge is 0.496 e. The summed E-state index contributed by atoms with van der Waals surface area (Å²) in [6, 6.07) is 10.8.